The number of nitrogens with two attached hydrogens (primary N) is 1. The van der Waals surface area contributed by atoms with Crippen molar-refractivity contribution in [3.05, 3.63) is 29.3 Å². The molecule has 0 heterocycles. The molecule has 1 aromatic carbocycles. The van der Waals surface area contributed by atoms with E-state index in [2.05, 4.69) is 10.6 Å². The minimum absolute atomic E-state index is 0.102. The van der Waals surface area contributed by atoms with E-state index >= 15 is 0 Å². The van der Waals surface area contributed by atoms with Crippen LogP contribution in [0.5, 0.6) is 0 Å². The number of rotatable bonds is 4. The van der Waals surface area contributed by atoms with Gasteiger partial charge < -0.3 is 16.4 Å². The molecule has 0 atom stereocenters. The van der Waals surface area contributed by atoms with Crippen LogP contribution in [0, 0.1) is 6.92 Å². The number of nitrogen functional groups attached to an aromatic ring is 1. The van der Waals surface area contributed by atoms with E-state index < -0.39 is 0 Å². The summed E-state index contributed by atoms with van der Waals surface area (Å²) >= 11 is 0. The van der Waals surface area contributed by atoms with Gasteiger partial charge in [-0.2, -0.15) is 0 Å². The third kappa shape index (κ3) is 3.79. The molecule has 5 nitrogen and oxygen atoms in total. The number of nitrogens with one attached hydrogen (secondary N) is 2. The number of hydrogen-bond donors (Lipinski definition) is 3. The standard InChI is InChI=1S/C12H17N3O2/c1-8-3-4-9(13)7-10(8)12(17)15-6-5-11(16)14-2/h3-4,7H,5-6,13H2,1-2H3,(H,14,16)(H,15,17). The summed E-state index contributed by atoms with van der Waals surface area (Å²) in [5, 5.41) is 5.17. The Morgan fingerprint density at radius 3 is 2.71 bits per heavy atom. The summed E-state index contributed by atoms with van der Waals surface area (Å²) in [7, 11) is 1.56. The minimum Gasteiger partial charge on any atom is -0.399 e. The van der Waals surface area contributed by atoms with Crippen molar-refractivity contribution in [3.8, 4) is 0 Å². The monoisotopic (exact) mass is 235 g/mol. The lowest BCUT2D eigenvalue weighted by atomic mass is 10.1. The van der Waals surface area contributed by atoms with Crippen LogP contribution in [0.15, 0.2) is 18.2 Å². The molecule has 92 valence electrons. The highest BCUT2D eigenvalue weighted by atomic mass is 16.2. The second kappa shape index (κ2) is 5.89. The first-order valence-corrected chi connectivity index (χ1v) is 5.39. The number of hydrogen-bond acceptors (Lipinski definition) is 3. The van der Waals surface area contributed by atoms with Gasteiger partial charge in [0.1, 0.15) is 0 Å². The van der Waals surface area contributed by atoms with Gasteiger partial charge >= 0.3 is 0 Å². The summed E-state index contributed by atoms with van der Waals surface area (Å²) in [5.41, 5.74) is 7.57. The number of amides is 2. The predicted molar refractivity (Wildman–Crippen MR) is 66.6 cm³/mol. The maximum Gasteiger partial charge on any atom is 0.251 e. The van der Waals surface area contributed by atoms with Crippen molar-refractivity contribution in [2.75, 3.05) is 19.3 Å². The summed E-state index contributed by atoms with van der Waals surface area (Å²) < 4.78 is 0. The van der Waals surface area contributed by atoms with E-state index in [0.29, 0.717) is 17.8 Å². The van der Waals surface area contributed by atoms with Crippen LogP contribution in [0.1, 0.15) is 22.3 Å². The van der Waals surface area contributed by atoms with Gasteiger partial charge in [-0.25, -0.2) is 0 Å². The van der Waals surface area contributed by atoms with E-state index in [1.165, 1.54) is 0 Å². The summed E-state index contributed by atoms with van der Waals surface area (Å²) in [4.78, 5) is 22.8. The molecule has 0 fully saturated rings. The van der Waals surface area contributed by atoms with Crippen molar-refractivity contribution in [1.29, 1.82) is 0 Å². The zero-order valence-corrected chi connectivity index (χ0v) is 10.0. The molecule has 1 aromatic rings. The lowest BCUT2D eigenvalue weighted by molar-refractivity contribution is -0.120. The highest BCUT2D eigenvalue weighted by Crippen LogP contribution is 2.12. The average Bonchev–Trinajstić information content (AvgIpc) is 2.31. The van der Waals surface area contributed by atoms with E-state index in [9.17, 15) is 9.59 Å². The number of benzene rings is 1. The molecular weight excluding hydrogens is 218 g/mol. The van der Waals surface area contributed by atoms with Crippen molar-refractivity contribution >= 4 is 17.5 Å². The zero-order valence-electron chi connectivity index (χ0n) is 10.0. The van der Waals surface area contributed by atoms with Crippen molar-refractivity contribution in [2.24, 2.45) is 0 Å². The second-order valence-electron chi connectivity index (χ2n) is 3.75. The van der Waals surface area contributed by atoms with E-state index in [4.69, 9.17) is 5.73 Å². The molecule has 5 heteroatoms. The van der Waals surface area contributed by atoms with Crippen molar-refractivity contribution < 1.29 is 9.59 Å². The van der Waals surface area contributed by atoms with Gasteiger partial charge in [0.2, 0.25) is 5.91 Å². The molecule has 0 radical (unpaired) electrons. The van der Waals surface area contributed by atoms with E-state index in [1.807, 2.05) is 6.92 Å². The van der Waals surface area contributed by atoms with E-state index in [-0.39, 0.29) is 18.2 Å². The quantitative estimate of drug-likeness (QED) is 0.662. The Labute approximate surface area is 100 Å². The van der Waals surface area contributed by atoms with Gasteiger partial charge in [0.25, 0.3) is 5.91 Å². The highest BCUT2D eigenvalue weighted by Gasteiger charge is 2.09. The molecule has 0 aliphatic heterocycles. The van der Waals surface area contributed by atoms with Gasteiger partial charge in [0.05, 0.1) is 0 Å². The molecule has 0 aliphatic carbocycles. The lowest BCUT2D eigenvalue weighted by Gasteiger charge is -2.08. The fraction of sp³-hybridized carbons (Fsp3) is 0.333. The Hall–Kier alpha value is -2.04. The zero-order chi connectivity index (χ0) is 12.8. The summed E-state index contributed by atoms with van der Waals surface area (Å²) in [6.45, 7) is 2.15. The number of aryl methyl sites for hydroxylation is 1. The Balaban J connectivity index is 2.58. The third-order valence-electron chi connectivity index (χ3n) is 2.42. The minimum atomic E-state index is -0.210. The van der Waals surface area contributed by atoms with Gasteiger partial charge in [-0.3, -0.25) is 9.59 Å². The predicted octanol–water partition coefficient (Wildman–Crippen LogP) is 0.443. The fourth-order valence-corrected chi connectivity index (χ4v) is 1.39. The Bertz CT molecular complexity index is 430. The van der Waals surface area contributed by atoms with E-state index in [0.717, 1.165) is 5.56 Å². The van der Waals surface area contributed by atoms with Crippen molar-refractivity contribution in [3.63, 3.8) is 0 Å². The van der Waals surface area contributed by atoms with Gasteiger partial charge in [-0.05, 0) is 24.6 Å². The summed E-state index contributed by atoms with van der Waals surface area (Å²) in [6, 6.07) is 5.17. The third-order valence-corrected chi connectivity index (χ3v) is 2.42. The van der Waals surface area contributed by atoms with Crippen LogP contribution in [0.25, 0.3) is 0 Å². The number of anilines is 1. The molecule has 0 bridgehead atoms. The molecule has 0 spiro atoms. The van der Waals surface area contributed by atoms with Crippen LogP contribution < -0.4 is 16.4 Å². The smallest absolute Gasteiger partial charge is 0.251 e. The van der Waals surface area contributed by atoms with Crippen LogP contribution in [-0.2, 0) is 4.79 Å². The number of carbonyl (C=O) groups is 2. The van der Waals surface area contributed by atoms with Gasteiger partial charge in [0.15, 0.2) is 0 Å². The SMILES string of the molecule is CNC(=O)CCNC(=O)c1cc(N)ccc1C. The van der Waals surface area contributed by atoms with Crippen LogP contribution >= 0.6 is 0 Å². The molecule has 0 aromatic heterocycles. The molecule has 2 amide bonds. The molecular formula is C12H17N3O2. The first kappa shape index (κ1) is 13.0. The highest BCUT2D eigenvalue weighted by molar-refractivity contribution is 5.96. The summed E-state index contributed by atoms with van der Waals surface area (Å²) in [6.07, 6.45) is 0.267. The Kier molecular flexibility index (Phi) is 4.51. The second-order valence-corrected chi connectivity index (χ2v) is 3.75. The fourth-order valence-electron chi connectivity index (χ4n) is 1.39. The first-order valence-electron chi connectivity index (χ1n) is 5.39. The van der Waals surface area contributed by atoms with Crippen LogP contribution in [-0.4, -0.2) is 25.4 Å². The normalized spacial score (nSPS) is 9.76. The molecule has 0 unspecified atom stereocenters. The van der Waals surface area contributed by atoms with Crippen molar-refractivity contribution in [1.82, 2.24) is 10.6 Å². The topological polar surface area (TPSA) is 84.2 Å². The van der Waals surface area contributed by atoms with Gasteiger partial charge in [-0.15, -0.1) is 0 Å². The van der Waals surface area contributed by atoms with Gasteiger partial charge in [0, 0.05) is 31.3 Å². The molecule has 4 N–H and O–H groups in total. The van der Waals surface area contributed by atoms with Crippen LogP contribution in [0.2, 0.25) is 0 Å². The van der Waals surface area contributed by atoms with Crippen LogP contribution in [0.3, 0.4) is 0 Å². The maximum atomic E-state index is 11.8. The van der Waals surface area contributed by atoms with E-state index in [1.54, 1.807) is 25.2 Å². The Morgan fingerprint density at radius 2 is 2.06 bits per heavy atom. The van der Waals surface area contributed by atoms with Crippen molar-refractivity contribution in [2.45, 2.75) is 13.3 Å². The number of carbonyl (C=O) groups excluding carboxylic acids is 2. The van der Waals surface area contributed by atoms with Crippen LogP contribution in [0.4, 0.5) is 5.69 Å². The molecule has 0 saturated carbocycles. The Morgan fingerprint density at radius 1 is 1.35 bits per heavy atom. The largest absolute Gasteiger partial charge is 0.399 e. The summed E-state index contributed by atoms with van der Waals surface area (Å²) in [5.74, 6) is -0.312. The molecule has 17 heavy (non-hydrogen) atoms. The molecule has 1 rings (SSSR count). The molecule has 0 aliphatic rings. The molecule has 0 saturated heterocycles. The lowest BCUT2D eigenvalue weighted by Crippen LogP contribution is -2.29. The first-order chi connectivity index (χ1) is 8.04. The average molecular weight is 235 g/mol. The maximum absolute atomic E-state index is 11.8. The van der Waals surface area contributed by atoms with Gasteiger partial charge in [-0.1, -0.05) is 6.07 Å².